The van der Waals surface area contributed by atoms with E-state index >= 15 is 0 Å². The predicted molar refractivity (Wildman–Crippen MR) is 87.8 cm³/mol. The van der Waals surface area contributed by atoms with E-state index in [0.29, 0.717) is 6.54 Å². The first-order chi connectivity index (χ1) is 11.1. The molecule has 3 rings (SSSR count). The van der Waals surface area contributed by atoms with Crippen molar-refractivity contribution in [3.05, 3.63) is 28.0 Å². The van der Waals surface area contributed by atoms with Crippen LogP contribution < -0.4 is 0 Å². The summed E-state index contributed by atoms with van der Waals surface area (Å²) in [4.78, 5) is 27.1. The number of rotatable bonds is 4. The topological polar surface area (TPSA) is 79.8 Å². The summed E-state index contributed by atoms with van der Waals surface area (Å²) in [6, 6.07) is 2.79. The van der Waals surface area contributed by atoms with E-state index in [-0.39, 0.29) is 23.6 Å². The van der Waals surface area contributed by atoms with Crippen molar-refractivity contribution in [2.24, 2.45) is 0 Å². The Morgan fingerprint density at radius 3 is 2.78 bits per heavy atom. The zero-order valence-electron chi connectivity index (χ0n) is 13.0. The SMILES string of the molecule is O=C(c1ccc([N+](=O)[O-])o1)N1CCCSCC1CN1CCCC1. The molecule has 8 heteroatoms. The van der Waals surface area contributed by atoms with E-state index in [1.165, 1.54) is 25.0 Å². The summed E-state index contributed by atoms with van der Waals surface area (Å²) in [7, 11) is 0. The molecular weight excluding hydrogens is 318 g/mol. The van der Waals surface area contributed by atoms with E-state index in [0.717, 1.165) is 37.6 Å². The number of hydrogen-bond acceptors (Lipinski definition) is 6. The lowest BCUT2D eigenvalue weighted by molar-refractivity contribution is -0.402. The summed E-state index contributed by atoms with van der Waals surface area (Å²) >= 11 is 1.87. The molecular formula is C15H21N3O4S. The highest BCUT2D eigenvalue weighted by Gasteiger charge is 2.31. The highest BCUT2D eigenvalue weighted by molar-refractivity contribution is 7.99. The van der Waals surface area contributed by atoms with Gasteiger partial charge in [0, 0.05) is 18.8 Å². The molecule has 7 nitrogen and oxygen atoms in total. The quantitative estimate of drug-likeness (QED) is 0.618. The van der Waals surface area contributed by atoms with E-state index in [4.69, 9.17) is 4.42 Å². The molecule has 1 amide bonds. The maximum absolute atomic E-state index is 12.8. The lowest BCUT2D eigenvalue weighted by Crippen LogP contribution is -2.47. The van der Waals surface area contributed by atoms with Gasteiger partial charge in [-0.05, 0) is 44.2 Å². The fraction of sp³-hybridized carbons (Fsp3) is 0.667. The van der Waals surface area contributed by atoms with Crippen LogP contribution in [0.25, 0.3) is 0 Å². The Bertz CT molecular complexity index is 571. The molecule has 0 saturated carbocycles. The van der Waals surface area contributed by atoms with Crippen molar-refractivity contribution in [2.45, 2.75) is 25.3 Å². The third-order valence-electron chi connectivity index (χ3n) is 4.35. The maximum Gasteiger partial charge on any atom is 0.433 e. The van der Waals surface area contributed by atoms with Crippen LogP contribution in [0.2, 0.25) is 0 Å². The number of carbonyl (C=O) groups is 1. The molecule has 1 aromatic rings. The van der Waals surface area contributed by atoms with Gasteiger partial charge in [0.25, 0.3) is 5.91 Å². The second-order valence-electron chi connectivity index (χ2n) is 5.98. The van der Waals surface area contributed by atoms with Crippen molar-refractivity contribution < 1.29 is 14.1 Å². The number of furan rings is 1. The van der Waals surface area contributed by atoms with Gasteiger partial charge in [0.2, 0.25) is 0 Å². The average Bonchev–Trinajstić information content (AvgIpc) is 3.16. The summed E-state index contributed by atoms with van der Waals surface area (Å²) in [5, 5.41) is 10.7. The van der Waals surface area contributed by atoms with E-state index in [2.05, 4.69) is 4.90 Å². The molecule has 1 unspecified atom stereocenters. The smallest absolute Gasteiger partial charge is 0.395 e. The standard InChI is InChI=1S/C15H21N3O4S/c19-15(13-4-5-14(22-13)18(20)21)17-8-3-9-23-11-12(17)10-16-6-1-2-7-16/h4-5,12H,1-3,6-11H2. The second-order valence-corrected chi connectivity index (χ2v) is 7.13. The Balaban J connectivity index is 1.74. The maximum atomic E-state index is 12.8. The predicted octanol–water partition coefficient (Wildman–Crippen LogP) is 2.23. The average molecular weight is 339 g/mol. The number of nitro groups is 1. The van der Waals surface area contributed by atoms with Crippen LogP contribution in [-0.2, 0) is 0 Å². The van der Waals surface area contributed by atoms with Gasteiger partial charge in [-0.25, -0.2) is 0 Å². The number of thioether (sulfide) groups is 1. The highest BCUT2D eigenvalue weighted by Crippen LogP contribution is 2.23. The zero-order valence-corrected chi connectivity index (χ0v) is 13.8. The van der Waals surface area contributed by atoms with Gasteiger partial charge in [-0.2, -0.15) is 11.8 Å². The van der Waals surface area contributed by atoms with Gasteiger partial charge in [-0.1, -0.05) is 0 Å². The molecule has 126 valence electrons. The molecule has 0 radical (unpaired) electrons. The fourth-order valence-corrected chi connectivity index (χ4v) is 4.25. The molecule has 0 aromatic carbocycles. The van der Waals surface area contributed by atoms with Crippen LogP contribution >= 0.6 is 11.8 Å². The Labute approximate surface area is 139 Å². The molecule has 3 heterocycles. The summed E-state index contributed by atoms with van der Waals surface area (Å²) in [5.41, 5.74) is 0. The van der Waals surface area contributed by atoms with E-state index in [9.17, 15) is 14.9 Å². The minimum absolute atomic E-state index is 0.0648. The van der Waals surface area contributed by atoms with Crippen LogP contribution in [-0.4, -0.2) is 64.4 Å². The van der Waals surface area contributed by atoms with Gasteiger partial charge < -0.3 is 14.2 Å². The number of nitrogens with zero attached hydrogens (tertiary/aromatic N) is 3. The number of amides is 1. The molecule has 2 aliphatic rings. The Hall–Kier alpha value is -1.54. The van der Waals surface area contributed by atoms with Crippen molar-refractivity contribution >= 4 is 23.6 Å². The Kier molecular flexibility index (Phi) is 5.22. The third kappa shape index (κ3) is 3.87. The molecule has 2 saturated heterocycles. The molecule has 2 fully saturated rings. The lowest BCUT2D eigenvalue weighted by atomic mass is 10.2. The minimum atomic E-state index is -0.614. The molecule has 0 bridgehead atoms. The first-order valence-electron chi connectivity index (χ1n) is 8.00. The molecule has 0 aliphatic carbocycles. The number of likely N-dealkylation sites (tertiary alicyclic amines) is 1. The number of carbonyl (C=O) groups excluding carboxylic acids is 1. The van der Waals surface area contributed by atoms with Crippen LogP contribution in [0.4, 0.5) is 5.88 Å². The molecule has 0 N–H and O–H groups in total. The van der Waals surface area contributed by atoms with Crippen molar-refractivity contribution in [2.75, 3.05) is 37.7 Å². The van der Waals surface area contributed by atoms with Gasteiger partial charge in [-0.3, -0.25) is 14.9 Å². The lowest BCUT2D eigenvalue weighted by Gasteiger charge is -2.32. The van der Waals surface area contributed by atoms with Crippen LogP contribution in [0.3, 0.4) is 0 Å². The summed E-state index contributed by atoms with van der Waals surface area (Å²) < 4.78 is 5.11. The highest BCUT2D eigenvalue weighted by atomic mass is 32.2. The van der Waals surface area contributed by atoms with Crippen molar-refractivity contribution in [1.82, 2.24) is 9.80 Å². The van der Waals surface area contributed by atoms with Crippen LogP contribution in [0, 0.1) is 10.1 Å². The minimum Gasteiger partial charge on any atom is -0.395 e. The van der Waals surface area contributed by atoms with Crippen LogP contribution in [0.15, 0.2) is 16.5 Å². The van der Waals surface area contributed by atoms with Gasteiger partial charge >= 0.3 is 5.88 Å². The van der Waals surface area contributed by atoms with Gasteiger partial charge in [0.05, 0.1) is 12.1 Å². The first-order valence-corrected chi connectivity index (χ1v) is 9.16. The Morgan fingerprint density at radius 1 is 1.30 bits per heavy atom. The van der Waals surface area contributed by atoms with Gasteiger partial charge in [0.15, 0.2) is 5.76 Å². The zero-order chi connectivity index (χ0) is 16.2. The summed E-state index contributed by atoms with van der Waals surface area (Å²) in [5.74, 6) is 1.40. The third-order valence-corrected chi connectivity index (χ3v) is 5.55. The Morgan fingerprint density at radius 2 is 2.09 bits per heavy atom. The fourth-order valence-electron chi connectivity index (χ4n) is 3.19. The van der Waals surface area contributed by atoms with Crippen molar-refractivity contribution in [1.29, 1.82) is 0 Å². The summed E-state index contributed by atoms with van der Waals surface area (Å²) in [6.45, 7) is 3.74. The molecule has 0 spiro atoms. The molecule has 23 heavy (non-hydrogen) atoms. The van der Waals surface area contributed by atoms with Gasteiger partial charge in [0.1, 0.15) is 4.92 Å². The van der Waals surface area contributed by atoms with Gasteiger partial charge in [-0.15, -0.1) is 0 Å². The monoisotopic (exact) mass is 339 g/mol. The molecule has 2 aliphatic heterocycles. The summed E-state index contributed by atoms with van der Waals surface area (Å²) in [6.07, 6.45) is 3.38. The second kappa shape index (κ2) is 7.35. The van der Waals surface area contributed by atoms with Crippen LogP contribution in [0.5, 0.6) is 0 Å². The molecule has 1 aromatic heterocycles. The van der Waals surface area contributed by atoms with E-state index in [1.54, 1.807) is 0 Å². The first kappa shape index (κ1) is 16.3. The van der Waals surface area contributed by atoms with Crippen molar-refractivity contribution in [3.63, 3.8) is 0 Å². The van der Waals surface area contributed by atoms with Crippen LogP contribution in [0.1, 0.15) is 29.8 Å². The largest absolute Gasteiger partial charge is 0.433 e. The number of hydrogen-bond donors (Lipinski definition) is 0. The van der Waals surface area contributed by atoms with Crippen molar-refractivity contribution in [3.8, 4) is 0 Å². The van der Waals surface area contributed by atoms with E-state index in [1.807, 2.05) is 16.7 Å². The normalized spacial score (nSPS) is 23.0. The van der Waals surface area contributed by atoms with E-state index < -0.39 is 4.92 Å². The molecule has 1 atom stereocenters.